The zero-order chi connectivity index (χ0) is 13.1. The lowest BCUT2D eigenvalue weighted by molar-refractivity contribution is 0.903. The fourth-order valence-electron chi connectivity index (χ4n) is 1.66. The standard InChI is InChI=1S/C13H13Cl2N3/c1-9-3-5-10(6-4-9)8-18(2)11-7-12(14)16-17-13(11)15/h3-7H,8H2,1-2H3. The largest absolute Gasteiger partial charge is 0.368 e. The Balaban J connectivity index is 2.18. The third-order valence-electron chi connectivity index (χ3n) is 2.65. The van der Waals surface area contributed by atoms with Crippen LogP contribution in [0.25, 0.3) is 0 Å². The van der Waals surface area contributed by atoms with Gasteiger partial charge in [0.05, 0.1) is 5.69 Å². The molecule has 0 fully saturated rings. The van der Waals surface area contributed by atoms with Crippen molar-refractivity contribution in [2.75, 3.05) is 11.9 Å². The first-order valence-electron chi connectivity index (χ1n) is 5.51. The molecule has 1 aromatic carbocycles. The second kappa shape index (κ2) is 5.55. The van der Waals surface area contributed by atoms with Crippen molar-refractivity contribution in [1.82, 2.24) is 10.2 Å². The molecule has 0 radical (unpaired) electrons. The predicted octanol–water partition coefficient (Wildman–Crippen LogP) is 3.73. The molecule has 0 aliphatic rings. The second-order valence-corrected chi connectivity index (χ2v) is 4.93. The van der Waals surface area contributed by atoms with Gasteiger partial charge in [0.25, 0.3) is 0 Å². The molecule has 94 valence electrons. The molecule has 0 atom stereocenters. The molecule has 0 saturated heterocycles. The fraction of sp³-hybridized carbons (Fsp3) is 0.231. The van der Waals surface area contributed by atoms with Gasteiger partial charge in [-0.25, -0.2) is 0 Å². The second-order valence-electron chi connectivity index (χ2n) is 4.18. The van der Waals surface area contributed by atoms with Crippen molar-refractivity contribution in [1.29, 1.82) is 0 Å². The first-order chi connectivity index (χ1) is 8.56. The molecule has 0 unspecified atom stereocenters. The van der Waals surface area contributed by atoms with Crippen LogP contribution in [0.3, 0.4) is 0 Å². The molecule has 0 N–H and O–H groups in total. The quantitative estimate of drug-likeness (QED) is 0.859. The molecule has 0 aliphatic carbocycles. The average molecular weight is 282 g/mol. The molecular formula is C13H13Cl2N3. The van der Waals surface area contributed by atoms with Gasteiger partial charge in [0.2, 0.25) is 0 Å². The van der Waals surface area contributed by atoms with E-state index >= 15 is 0 Å². The molecule has 5 heteroatoms. The van der Waals surface area contributed by atoms with Gasteiger partial charge in [-0.15, -0.1) is 10.2 Å². The highest BCUT2D eigenvalue weighted by molar-refractivity contribution is 6.33. The van der Waals surface area contributed by atoms with Crippen LogP contribution in [0.15, 0.2) is 30.3 Å². The van der Waals surface area contributed by atoms with Gasteiger partial charge in [0, 0.05) is 19.7 Å². The SMILES string of the molecule is Cc1ccc(CN(C)c2cc(Cl)nnc2Cl)cc1. The molecule has 1 aromatic heterocycles. The van der Waals surface area contributed by atoms with Crippen molar-refractivity contribution >= 4 is 28.9 Å². The zero-order valence-corrected chi connectivity index (χ0v) is 11.7. The van der Waals surface area contributed by atoms with Gasteiger partial charge in [-0.05, 0) is 12.5 Å². The van der Waals surface area contributed by atoms with E-state index in [2.05, 4.69) is 41.4 Å². The van der Waals surface area contributed by atoms with E-state index in [0.29, 0.717) is 10.3 Å². The monoisotopic (exact) mass is 281 g/mol. The Hall–Kier alpha value is -1.32. The van der Waals surface area contributed by atoms with Gasteiger partial charge in [0.1, 0.15) is 0 Å². The van der Waals surface area contributed by atoms with E-state index in [9.17, 15) is 0 Å². The van der Waals surface area contributed by atoms with Gasteiger partial charge in [-0.3, -0.25) is 0 Å². The molecule has 1 heterocycles. The lowest BCUT2D eigenvalue weighted by atomic mass is 10.1. The molecule has 0 spiro atoms. The number of anilines is 1. The van der Waals surface area contributed by atoms with Crippen LogP contribution in [0, 0.1) is 6.92 Å². The topological polar surface area (TPSA) is 29.0 Å². The minimum atomic E-state index is 0.338. The minimum absolute atomic E-state index is 0.338. The predicted molar refractivity (Wildman–Crippen MR) is 75.3 cm³/mol. The third-order valence-corrected chi connectivity index (χ3v) is 3.11. The first kappa shape index (κ1) is 13.1. The summed E-state index contributed by atoms with van der Waals surface area (Å²) in [4.78, 5) is 1.99. The lowest BCUT2D eigenvalue weighted by Crippen LogP contribution is -2.17. The first-order valence-corrected chi connectivity index (χ1v) is 6.27. The summed E-state index contributed by atoms with van der Waals surface area (Å²) in [6.07, 6.45) is 0. The molecule has 0 amide bonds. The summed E-state index contributed by atoms with van der Waals surface area (Å²) < 4.78 is 0. The summed E-state index contributed by atoms with van der Waals surface area (Å²) >= 11 is 11.8. The number of nitrogens with zero attached hydrogens (tertiary/aromatic N) is 3. The fourth-order valence-corrected chi connectivity index (χ4v) is 2.04. The van der Waals surface area contributed by atoms with E-state index in [1.165, 1.54) is 11.1 Å². The van der Waals surface area contributed by atoms with Gasteiger partial charge in [0.15, 0.2) is 10.3 Å². The van der Waals surface area contributed by atoms with Crippen molar-refractivity contribution in [3.05, 3.63) is 51.8 Å². The van der Waals surface area contributed by atoms with Gasteiger partial charge < -0.3 is 4.90 Å². The van der Waals surface area contributed by atoms with Crippen LogP contribution in [0.5, 0.6) is 0 Å². The number of aromatic nitrogens is 2. The van der Waals surface area contributed by atoms with E-state index in [4.69, 9.17) is 23.2 Å². The molecule has 18 heavy (non-hydrogen) atoms. The van der Waals surface area contributed by atoms with Crippen molar-refractivity contribution < 1.29 is 0 Å². The Kier molecular flexibility index (Phi) is 4.04. The molecule has 0 aliphatic heterocycles. The van der Waals surface area contributed by atoms with E-state index in [-0.39, 0.29) is 0 Å². The lowest BCUT2D eigenvalue weighted by Gasteiger charge is -2.20. The number of rotatable bonds is 3. The Labute approximate surface area is 116 Å². The van der Waals surface area contributed by atoms with Gasteiger partial charge in [-0.2, -0.15) is 0 Å². The molecular weight excluding hydrogens is 269 g/mol. The normalized spacial score (nSPS) is 10.4. The van der Waals surface area contributed by atoms with Crippen LogP contribution in [-0.4, -0.2) is 17.2 Å². The maximum absolute atomic E-state index is 6.01. The highest BCUT2D eigenvalue weighted by Crippen LogP contribution is 2.25. The Morgan fingerprint density at radius 1 is 1.11 bits per heavy atom. The number of hydrogen-bond acceptors (Lipinski definition) is 3. The van der Waals surface area contributed by atoms with Crippen LogP contribution in [-0.2, 0) is 6.54 Å². The molecule has 2 rings (SSSR count). The summed E-state index contributed by atoms with van der Waals surface area (Å²) in [6.45, 7) is 2.80. The van der Waals surface area contributed by atoms with E-state index in [0.717, 1.165) is 12.2 Å². The van der Waals surface area contributed by atoms with E-state index < -0.39 is 0 Å². The maximum atomic E-state index is 6.01. The smallest absolute Gasteiger partial charge is 0.175 e. The van der Waals surface area contributed by atoms with Crippen LogP contribution in [0.1, 0.15) is 11.1 Å². The zero-order valence-electron chi connectivity index (χ0n) is 10.2. The summed E-state index contributed by atoms with van der Waals surface area (Å²) in [5.74, 6) is 0. The number of hydrogen-bond donors (Lipinski definition) is 0. The molecule has 0 bridgehead atoms. The van der Waals surface area contributed by atoms with Gasteiger partial charge >= 0.3 is 0 Å². The molecule has 2 aromatic rings. The molecule has 3 nitrogen and oxygen atoms in total. The highest BCUT2D eigenvalue weighted by atomic mass is 35.5. The number of aryl methyl sites for hydroxylation is 1. The summed E-state index contributed by atoms with van der Waals surface area (Å²) in [6, 6.07) is 10.1. The summed E-state index contributed by atoms with van der Waals surface area (Å²) in [5.41, 5.74) is 3.22. The average Bonchev–Trinajstić information content (AvgIpc) is 2.35. The number of benzene rings is 1. The van der Waals surface area contributed by atoms with E-state index in [1.54, 1.807) is 6.07 Å². The van der Waals surface area contributed by atoms with Gasteiger partial charge in [-0.1, -0.05) is 53.0 Å². The Morgan fingerprint density at radius 2 is 1.78 bits per heavy atom. The van der Waals surface area contributed by atoms with E-state index in [1.807, 2.05) is 11.9 Å². The third kappa shape index (κ3) is 3.12. The highest BCUT2D eigenvalue weighted by Gasteiger charge is 2.09. The van der Waals surface area contributed by atoms with Crippen molar-refractivity contribution in [3.8, 4) is 0 Å². The number of halogens is 2. The van der Waals surface area contributed by atoms with Crippen molar-refractivity contribution in [3.63, 3.8) is 0 Å². The van der Waals surface area contributed by atoms with Crippen LogP contribution < -0.4 is 4.90 Å². The van der Waals surface area contributed by atoms with Crippen LogP contribution in [0.4, 0.5) is 5.69 Å². The van der Waals surface area contributed by atoms with Crippen LogP contribution in [0.2, 0.25) is 10.3 Å². The van der Waals surface area contributed by atoms with Crippen molar-refractivity contribution in [2.45, 2.75) is 13.5 Å². The summed E-state index contributed by atoms with van der Waals surface area (Å²) in [7, 11) is 1.94. The van der Waals surface area contributed by atoms with Crippen LogP contribution >= 0.6 is 23.2 Å². The molecule has 0 saturated carbocycles. The summed E-state index contributed by atoms with van der Waals surface area (Å²) in [5, 5.41) is 8.19. The minimum Gasteiger partial charge on any atom is -0.368 e. The maximum Gasteiger partial charge on any atom is 0.175 e. The Morgan fingerprint density at radius 3 is 2.44 bits per heavy atom. The Bertz CT molecular complexity index is 540. The van der Waals surface area contributed by atoms with Crippen molar-refractivity contribution in [2.24, 2.45) is 0 Å².